The normalized spacial score (nSPS) is 13.6. The zero-order valence-electron chi connectivity index (χ0n) is 9.48. The zero-order chi connectivity index (χ0) is 14.6. The molecular formula is C11H10BrF5O2. The SMILES string of the molecule is OC(CCOCC(F)(F)F)c1cc(F)c(Br)cc1F. The Hall–Kier alpha value is -0.730. The van der Waals surface area contributed by atoms with Gasteiger partial charge in [-0.25, -0.2) is 8.78 Å². The Balaban J connectivity index is 2.54. The minimum atomic E-state index is -4.46. The largest absolute Gasteiger partial charge is 0.411 e. The molecule has 0 heterocycles. The van der Waals surface area contributed by atoms with Crippen molar-refractivity contribution in [3.63, 3.8) is 0 Å². The zero-order valence-corrected chi connectivity index (χ0v) is 11.1. The minimum Gasteiger partial charge on any atom is -0.388 e. The Morgan fingerprint density at radius 2 is 1.84 bits per heavy atom. The lowest BCUT2D eigenvalue weighted by atomic mass is 10.1. The highest BCUT2D eigenvalue weighted by atomic mass is 79.9. The lowest BCUT2D eigenvalue weighted by Crippen LogP contribution is -2.18. The molecule has 1 unspecified atom stereocenters. The second-order valence-electron chi connectivity index (χ2n) is 3.76. The third-order valence-electron chi connectivity index (χ3n) is 2.20. The van der Waals surface area contributed by atoms with E-state index in [1.165, 1.54) is 0 Å². The monoisotopic (exact) mass is 348 g/mol. The standard InChI is InChI=1S/C11H10BrF5O2/c12-7-4-8(13)6(3-9(7)14)10(18)1-2-19-5-11(15,16)17/h3-4,10,18H,1-2,5H2. The first-order valence-corrected chi connectivity index (χ1v) is 5.97. The minimum absolute atomic E-state index is 0.103. The molecule has 1 N–H and O–H groups in total. The lowest BCUT2D eigenvalue weighted by Gasteiger charge is -2.13. The van der Waals surface area contributed by atoms with Gasteiger partial charge in [-0.3, -0.25) is 0 Å². The second kappa shape index (κ2) is 6.62. The molecule has 0 bridgehead atoms. The average molecular weight is 349 g/mol. The van der Waals surface area contributed by atoms with Gasteiger partial charge in [0, 0.05) is 18.6 Å². The van der Waals surface area contributed by atoms with Crippen LogP contribution in [0.4, 0.5) is 22.0 Å². The first kappa shape index (κ1) is 16.3. The lowest BCUT2D eigenvalue weighted by molar-refractivity contribution is -0.175. The molecule has 0 radical (unpaired) electrons. The molecule has 1 aromatic rings. The summed E-state index contributed by atoms with van der Waals surface area (Å²) in [5, 5.41) is 9.56. The highest BCUT2D eigenvalue weighted by Gasteiger charge is 2.27. The van der Waals surface area contributed by atoms with Crippen LogP contribution in [0.15, 0.2) is 16.6 Å². The molecule has 0 saturated heterocycles. The van der Waals surface area contributed by atoms with Gasteiger partial charge in [0.05, 0.1) is 10.6 Å². The van der Waals surface area contributed by atoms with Crippen LogP contribution in [-0.2, 0) is 4.74 Å². The highest BCUT2D eigenvalue weighted by molar-refractivity contribution is 9.10. The van der Waals surface area contributed by atoms with Gasteiger partial charge in [0.1, 0.15) is 18.2 Å². The third kappa shape index (κ3) is 5.42. The summed E-state index contributed by atoms with van der Waals surface area (Å²) in [6.07, 6.45) is -6.16. The van der Waals surface area contributed by atoms with E-state index in [2.05, 4.69) is 20.7 Å². The van der Waals surface area contributed by atoms with Gasteiger partial charge in [0.2, 0.25) is 0 Å². The summed E-state index contributed by atoms with van der Waals surface area (Å²) in [5.41, 5.74) is -0.323. The Morgan fingerprint density at radius 3 is 2.42 bits per heavy atom. The van der Waals surface area contributed by atoms with Crippen molar-refractivity contribution in [3.05, 3.63) is 33.8 Å². The molecule has 0 aliphatic heterocycles. The Morgan fingerprint density at radius 1 is 1.21 bits per heavy atom. The molecule has 0 aromatic heterocycles. The molecule has 2 nitrogen and oxygen atoms in total. The fraction of sp³-hybridized carbons (Fsp3) is 0.455. The van der Waals surface area contributed by atoms with Gasteiger partial charge in [-0.05, 0) is 28.1 Å². The number of hydrogen-bond donors (Lipinski definition) is 1. The molecule has 0 amide bonds. The van der Waals surface area contributed by atoms with E-state index in [0.29, 0.717) is 0 Å². The molecule has 1 atom stereocenters. The maximum atomic E-state index is 13.4. The maximum absolute atomic E-state index is 13.4. The van der Waals surface area contributed by atoms with E-state index in [-0.39, 0.29) is 16.5 Å². The number of hydrogen-bond acceptors (Lipinski definition) is 2. The van der Waals surface area contributed by atoms with Crippen molar-refractivity contribution >= 4 is 15.9 Å². The molecule has 0 fully saturated rings. The van der Waals surface area contributed by atoms with Crippen LogP contribution < -0.4 is 0 Å². The number of rotatable bonds is 5. The molecule has 19 heavy (non-hydrogen) atoms. The van der Waals surface area contributed by atoms with Crippen LogP contribution in [-0.4, -0.2) is 24.5 Å². The van der Waals surface area contributed by atoms with E-state index in [4.69, 9.17) is 0 Å². The summed E-state index contributed by atoms with van der Waals surface area (Å²) in [7, 11) is 0. The van der Waals surface area contributed by atoms with Gasteiger partial charge < -0.3 is 9.84 Å². The Kier molecular flexibility index (Phi) is 5.69. The first-order valence-electron chi connectivity index (χ1n) is 5.17. The number of aliphatic hydroxyl groups is 1. The maximum Gasteiger partial charge on any atom is 0.411 e. The van der Waals surface area contributed by atoms with Crippen LogP contribution >= 0.6 is 15.9 Å². The number of benzene rings is 1. The quantitative estimate of drug-likeness (QED) is 0.499. The topological polar surface area (TPSA) is 29.5 Å². The second-order valence-corrected chi connectivity index (χ2v) is 4.61. The molecule has 0 aliphatic rings. The van der Waals surface area contributed by atoms with Gasteiger partial charge in [-0.2, -0.15) is 13.2 Å². The third-order valence-corrected chi connectivity index (χ3v) is 2.81. The van der Waals surface area contributed by atoms with E-state index in [0.717, 1.165) is 12.1 Å². The van der Waals surface area contributed by atoms with Crippen LogP contribution in [0.25, 0.3) is 0 Å². The molecule has 0 saturated carbocycles. The number of aliphatic hydroxyl groups excluding tert-OH is 1. The van der Waals surface area contributed by atoms with Gasteiger partial charge in [0.15, 0.2) is 0 Å². The average Bonchev–Trinajstić information content (AvgIpc) is 2.28. The summed E-state index contributed by atoms with van der Waals surface area (Å²) in [6.45, 7) is -1.87. The molecule has 8 heteroatoms. The van der Waals surface area contributed by atoms with E-state index >= 15 is 0 Å². The molecule has 1 rings (SSSR count). The first-order chi connectivity index (χ1) is 8.70. The summed E-state index contributed by atoms with van der Waals surface area (Å²) in [6, 6.07) is 1.62. The predicted molar refractivity (Wildman–Crippen MR) is 60.5 cm³/mol. The smallest absolute Gasteiger partial charge is 0.388 e. The molecule has 0 spiro atoms. The number of ether oxygens (including phenoxy) is 1. The molecular weight excluding hydrogens is 339 g/mol. The molecule has 1 aromatic carbocycles. The van der Waals surface area contributed by atoms with Gasteiger partial charge in [-0.15, -0.1) is 0 Å². The van der Waals surface area contributed by atoms with Crippen molar-refractivity contribution in [2.45, 2.75) is 18.7 Å². The van der Waals surface area contributed by atoms with E-state index in [9.17, 15) is 27.1 Å². The Labute approximate surface area is 114 Å². The van der Waals surface area contributed by atoms with E-state index in [1.807, 2.05) is 0 Å². The summed E-state index contributed by atoms with van der Waals surface area (Å²) < 4.78 is 66.0. The fourth-order valence-electron chi connectivity index (χ4n) is 1.33. The Bertz CT molecular complexity index is 436. The fourth-order valence-corrected chi connectivity index (χ4v) is 1.65. The number of alkyl halides is 3. The van der Waals surface area contributed by atoms with Crippen molar-refractivity contribution in [2.75, 3.05) is 13.2 Å². The van der Waals surface area contributed by atoms with Crippen molar-refractivity contribution < 1.29 is 31.8 Å². The van der Waals surface area contributed by atoms with E-state index < -0.39 is 37.1 Å². The van der Waals surface area contributed by atoms with Crippen molar-refractivity contribution in [3.8, 4) is 0 Å². The summed E-state index contributed by atoms with van der Waals surface area (Å²) >= 11 is 2.77. The van der Waals surface area contributed by atoms with Gasteiger partial charge in [0.25, 0.3) is 0 Å². The summed E-state index contributed by atoms with van der Waals surface area (Å²) in [4.78, 5) is 0. The van der Waals surface area contributed by atoms with Gasteiger partial charge in [-0.1, -0.05) is 0 Å². The van der Waals surface area contributed by atoms with Gasteiger partial charge >= 0.3 is 6.18 Å². The predicted octanol–water partition coefficient (Wildman–Crippen LogP) is 3.73. The highest BCUT2D eigenvalue weighted by Crippen LogP contribution is 2.26. The van der Waals surface area contributed by atoms with Crippen LogP contribution in [0.2, 0.25) is 0 Å². The van der Waals surface area contributed by atoms with E-state index in [1.54, 1.807) is 0 Å². The number of halogens is 6. The van der Waals surface area contributed by atoms with Crippen LogP contribution in [0.1, 0.15) is 18.1 Å². The van der Waals surface area contributed by atoms with Crippen LogP contribution in [0, 0.1) is 11.6 Å². The van der Waals surface area contributed by atoms with Crippen molar-refractivity contribution in [1.82, 2.24) is 0 Å². The molecule has 0 aliphatic carbocycles. The van der Waals surface area contributed by atoms with Crippen molar-refractivity contribution in [1.29, 1.82) is 0 Å². The van der Waals surface area contributed by atoms with Crippen LogP contribution in [0.3, 0.4) is 0 Å². The van der Waals surface area contributed by atoms with Crippen LogP contribution in [0.5, 0.6) is 0 Å². The summed E-state index contributed by atoms with van der Waals surface area (Å²) in [5.74, 6) is -1.62. The van der Waals surface area contributed by atoms with Crippen molar-refractivity contribution in [2.24, 2.45) is 0 Å². The molecule has 108 valence electrons.